The first kappa shape index (κ1) is 11.2. The second kappa shape index (κ2) is 3.81. The van der Waals surface area contributed by atoms with E-state index in [-0.39, 0.29) is 5.82 Å². The van der Waals surface area contributed by atoms with Gasteiger partial charge in [0.2, 0.25) is 0 Å². The van der Waals surface area contributed by atoms with E-state index >= 15 is 0 Å². The van der Waals surface area contributed by atoms with Crippen LogP contribution in [0.15, 0.2) is 12.1 Å². The molecule has 0 aromatic heterocycles. The molecule has 1 aromatic rings. The third-order valence-electron chi connectivity index (χ3n) is 4.58. The third-order valence-corrected chi connectivity index (χ3v) is 4.58. The van der Waals surface area contributed by atoms with Gasteiger partial charge in [-0.3, -0.25) is 0 Å². The molecule has 2 saturated carbocycles. The minimum Gasteiger partial charge on any atom is -0.388 e. The quantitative estimate of drug-likeness (QED) is 0.830. The topological polar surface area (TPSA) is 20.2 Å². The molecule has 2 aliphatic carbocycles. The first-order valence-corrected chi connectivity index (χ1v) is 6.51. The Morgan fingerprint density at radius 3 is 2.18 bits per heavy atom. The standard InChI is InChI=1S/C15H19FO/c1-8-3-13(16)4-9(2)14(8)15(17)12-6-10-5-11(10)7-12/h3-4,10-12,15,17H,5-7H2,1-2H3. The predicted octanol–water partition coefficient (Wildman–Crippen LogP) is 3.52. The minimum absolute atomic E-state index is 0.204. The van der Waals surface area contributed by atoms with Crippen LogP contribution in [0.25, 0.3) is 0 Å². The Hall–Kier alpha value is -0.890. The summed E-state index contributed by atoms with van der Waals surface area (Å²) in [6, 6.07) is 3.06. The second-order valence-corrected chi connectivity index (χ2v) is 5.89. The lowest BCUT2D eigenvalue weighted by atomic mass is 9.87. The van der Waals surface area contributed by atoms with E-state index in [9.17, 15) is 9.50 Å². The molecular weight excluding hydrogens is 215 g/mol. The molecule has 0 saturated heterocycles. The predicted molar refractivity (Wildman–Crippen MR) is 65.2 cm³/mol. The van der Waals surface area contributed by atoms with E-state index in [0.717, 1.165) is 41.4 Å². The van der Waals surface area contributed by atoms with Crippen molar-refractivity contribution < 1.29 is 9.50 Å². The Morgan fingerprint density at radius 2 is 1.65 bits per heavy atom. The lowest BCUT2D eigenvalue weighted by Gasteiger charge is -2.23. The van der Waals surface area contributed by atoms with Gasteiger partial charge in [-0.15, -0.1) is 0 Å². The average Bonchev–Trinajstić information content (AvgIpc) is 2.84. The molecule has 0 aliphatic heterocycles. The maximum atomic E-state index is 13.2. The maximum absolute atomic E-state index is 13.2. The fourth-order valence-corrected chi connectivity index (χ4v) is 3.64. The molecule has 0 radical (unpaired) electrons. The van der Waals surface area contributed by atoms with Crippen molar-refractivity contribution >= 4 is 0 Å². The van der Waals surface area contributed by atoms with E-state index in [4.69, 9.17) is 0 Å². The van der Waals surface area contributed by atoms with Gasteiger partial charge in [0.1, 0.15) is 5.82 Å². The fourth-order valence-electron chi connectivity index (χ4n) is 3.64. The van der Waals surface area contributed by atoms with Crippen LogP contribution in [0, 0.1) is 37.4 Å². The normalized spacial score (nSPS) is 32.4. The highest BCUT2D eigenvalue weighted by molar-refractivity contribution is 5.36. The second-order valence-electron chi connectivity index (χ2n) is 5.89. The highest BCUT2D eigenvalue weighted by Crippen LogP contribution is 2.57. The van der Waals surface area contributed by atoms with E-state index in [2.05, 4.69) is 0 Å². The fraction of sp³-hybridized carbons (Fsp3) is 0.600. The monoisotopic (exact) mass is 234 g/mol. The first-order valence-electron chi connectivity index (χ1n) is 6.51. The number of fused-ring (bicyclic) bond motifs is 1. The number of halogens is 1. The third kappa shape index (κ3) is 1.89. The van der Waals surface area contributed by atoms with E-state index in [1.165, 1.54) is 18.6 Å². The summed E-state index contributed by atoms with van der Waals surface area (Å²) in [6.07, 6.45) is 3.28. The van der Waals surface area contributed by atoms with Crippen LogP contribution >= 0.6 is 0 Å². The van der Waals surface area contributed by atoms with Crippen molar-refractivity contribution in [3.63, 3.8) is 0 Å². The molecule has 0 amide bonds. The van der Waals surface area contributed by atoms with Crippen LogP contribution in [-0.2, 0) is 0 Å². The summed E-state index contributed by atoms with van der Waals surface area (Å²) >= 11 is 0. The summed E-state index contributed by atoms with van der Waals surface area (Å²) in [5, 5.41) is 10.5. The Bertz CT molecular complexity index is 421. The van der Waals surface area contributed by atoms with Crippen LogP contribution < -0.4 is 0 Å². The Labute approximate surface area is 102 Å². The molecule has 17 heavy (non-hydrogen) atoms. The van der Waals surface area contributed by atoms with E-state index in [1.54, 1.807) is 0 Å². The zero-order chi connectivity index (χ0) is 12.2. The van der Waals surface area contributed by atoms with Crippen LogP contribution in [-0.4, -0.2) is 5.11 Å². The smallest absolute Gasteiger partial charge is 0.123 e. The summed E-state index contributed by atoms with van der Waals surface area (Å²) in [6.45, 7) is 3.79. The maximum Gasteiger partial charge on any atom is 0.123 e. The van der Waals surface area contributed by atoms with Crippen LogP contribution in [0.2, 0.25) is 0 Å². The summed E-state index contributed by atoms with van der Waals surface area (Å²) < 4.78 is 13.2. The van der Waals surface area contributed by atoms with Gasteiger partial charge in [0.15, 0.2) is 0 Å². The zero-order valence-corrected chi connectivity index (χ0v) is 10.4. The van der Waals surface area contributed by atoms with Crippen molar-refractivity contribution in [3.05, 3.63) is 34.6 Å². The van der Waals surface area contributed by atoms with Gasteiger partial charge >= 0.3 is 0 Å². The summed E-state index contributed by atoms with van der Waals surface area (Å²) in [7, 11) is 0. The summed E-state index contributed by atoms with van der Waals surface area (Å²) in [5.41, 5.74) is 2.73. The van der Waals surface area contributed by atoms with Gasteiger partial charge in [-0.25, -0.2) is 4.39 Å². The van der Waals surface area contributed by atoms with Crippen molar-refractivity contribution in [2.45, 2.75) is 39.2 Å². The zero-order valence-electron chi connectivity index (χ0n) is 10.4. The van der Waals surface area contributed by atoms with Crippen molar-refractivity contribution in [2.75, 3.05) is 0 Å². The van der Waals surface area contributed by atoms with E-state index in [0.29, 0.717) is 5.92 Å². The molecule has 92 valence electrons. The molecule has 2 heteroatoms. The summed E-state index contributed by atoms with van der Waals surface area (Å²) in [5.74, 6) is 1.93. The van der Waals surface area contributed by atoms with Gasteiger partial charge in [0.05, 0.1) is 6.10 Å². The molecule has 2 aliphatic rings. The van der Waals surface area contributed by atoms with Gasteiger partial charge in [-0.2, -0.15) is 0 Å². The highest BCUT2D eigenvalue weighted by Gasteiger charge is 2.48. The first-order chi connectivity index (χ1) is 8.06. The Balaban J connectivity index is 1.87. The number of hydrogen-bond acceptors (Lipinski definition) is 1. The van der Waals surface area contributed by atoms with Gasteiger partial charge in [-0.05, 0) is 79.7 Å². The van der Waals surface area contributed by atoms with Crippen LogP contribution in [0.3, 0.4) is 0 Å². The molecule has 0 heterocycles. The van der Waals surface area contributed by atoms with E-state index in [1.807, 2.05) is 13.8 Å². The number of benzene rings is 1. The molecule has 3 rings (SSSR count). The number of rotatable bonds is 2. The minimum atomic E-state index is -0.400. The molecule has 3 unspecified atom stereocenters. The molecule has 1 nitrogen and oxygen atoms in total. The van der Waals surface area contributed by atoms with Crippen LogP contribution in [0.1, 0.15) is 42.1 Å². The molecule has 3 atom stereocenters. The number of aliphatic hydroxyl groups excluding tert-OH is 1. The Kier molecular flexibility index (Phi) is 2.51. The molecule has 1 N–H and O–H groups in total. The van der Waals surface area contributed by atoms with Gasteiger partial charge < -0.3 is 5.11 Å². The SMILES string of the molecule is Cc1cc(F)cc(C)c1C(O)C1CC2CC2C1. The van der Waals surface area contributed by atoms with Crippen LogP contribution in [0.4, 0.5) is 4.39 Å². The van der Waals surface area contributed by atoms with Gasteiger partial charge in [-0.1, -0.05) is 0 Å². The van der Waals surface area contributed by atoms with Gasteiger partial charge in [0, 0.05) is 0 Å². The molecular formula is C15H19FO. The van der Waals surface area contributed by atoms with Crippen LogP contribution in [0.5, 0.6) is 0 Å². The van der Waals surface area contributed by atoms with E-state index < -0.39 is 6.10 Å². The number of aliphatic hydroxyl groups is 1. The average molecular weight is 234 g/mol. The number of hydrogen-bond donors (Lipinski definition) is 1. The van der Waals surface area contributed by atoms with Crippen molar-refractivity contribution in [2.24, 2.45) is 17.8 Å². The highest BCUT2D eigenvalue weighted by atomic mass is 19.1. The lowest BCUT2D eigenvalue weighted by Crippen LogP contribution is -2.14. The van der Waals surface area contributed by atoms with Crippen molar-refractivity contribution in [1.82, 2.24) is 0 Å². The number of aryl methyl sites for hydroxylation is 2. The molecule has 0 bridgehead atoms. The Morgan fingerprint density at radius 1 is 1.12 bits per heavy atom. The largest absolute Gasteiger partial charge is 0.388 e. The molecule has 0 spiro atoms. The summed E-state index contributed by atoms with van der Waals surface area (Å²) in [4.78, 5) is 0. The molecule has 2 fully saturated rings. The lowest BCUT2D eigenvalue weighted by molar-refractivity contribution is 0.103. The molecule has 1 aromatic carbocycles. The van der Waals surface area contributed by atoms with Crippen molar-refractivity contribution in [1.29, 1.82) is 0 Å². The van der Waals surface area contributed by atoms with Gasteiger partial charge in [0.25, 0.3) is 0 Å². The van der Waals surface area contributed by atoms with Crippen molar-refractivity contribution in [3.8, 4) is 0 Å².